The smallest absolute Gasteiger partial charge is 0.338 e. The third-order valence-electron chi connectivity index (χ3n) is 5.46. The molecule has 0 fully saturated rings. The van der Waals surface area contributed by atoms with Crippen LogP contribution < -0.4 is 18.9 Å². The van der Waals surface area contributed by atoms with E-state index in [-0.39, 0.29) is 0 Å². The number of carbonyl (C=O) groups is 1. The summed E-state index contributed by atoms with van der Waals surface area (Å²) in [6.45, 7) is 6.42. The highest BCUT2D eigenvalue weighted by molar-refractivity contribution is 5.91. The molecular weight excluding hydrogens is 410 g/mol. The Morgan fingerprint density at radius 2 is 1.56 bits per heavy atom. The lowest BCUT2D eigenvalue weighted by molar-refractivity contribution is 0.0482. The largest absolute Gasteiger partial charge is 0.496 e. The molecule has 0 radical (unpaired) electrons. The van der Waals surface area contributed by atoms with E-state index in [1.165, 1.54) is 26.9 Å². The first-order chi connectivity index (χ1) is 15.5. The van der Waals surface area contributed by atoms with Gasteiger partial charge in [-0.1, -0.05) is 25.1 Å². The number of rotatable bonds is 13. The molecule has 1 atom stereocenters. The summed E-state index contributed by atoms with van der Waals surface area (Å²) in [5.74, 6) is 1.76. The van der Waals surface area contributed by atoms with E-state index in [4.69, 9.17) is 23.7 Å². The molecule has 0 amide bonds. The Morgan fingerprint density at radius 3 is 2.12 bits per heavy atom. The summed E-state index contributed by atoms with van der Waals surface area (Å²) in [5.41, 5.74) is 1.55. The first-order valence-corrected chi connectivity index (χ1v) is 10.8. The maximum absolute atomic E-state index is 12.5. The molecule has 2 aromatic carbocycles. The van der Waals surface area contributed by atoms with Gasteiger partial charge in [-0.05, 0) is 50.1 Å². The molecule has 0 aliphatic rings. The lowest BCUT2D eigenvalue weighted by Gasteiger charge is -2.28. The molecule has 0 saturated heterocycles. The van der Waals surface area contributed by atoms with E-state index >= 15 is 0 Å². The quantitative estimate of drug-likeness (QED) is 0.338. The molecule has 0 spiro atoms. The van der Waals surface area contributed by atoms with Gasteiger partial charge in [-0.15, -0.1) is 0 Å². The number of hydrogen-bond acceptors (Lipinski definition) is 7. The fourth-order valence-electron chi connectivity index (χ4n) is 3.72. The van der Waals surface area contributed by atoms with Crippen LogP contribution in [0.4, 0.5) is 0 Å². The summed E-state index contributed by atoms with van der Waals surface area (Å²) in [5, 5.41) is 0. The van der Waals surface area contributed by atoms with Crippen molar-refractivity contribution < 1.29 is 28.5 Å². The normalized spacial score (nSPS) is 11.7. The first kappa shape index (κ1) is 25.3. The average molecular weight is 446 g/mol. The monoisotopic (exact) mass is 445 g/mol. The average Bonchev–Trinajstić information content (AvgIpc) is 2.82. The number of methoxy groups -OCH3 is 4. The number of hydrogen-bond donors (Lipinski definition) is 0. The van der Waals surface area contributed by atoms with Crippen LogP contribution in [0.15, 0.2) is 36.4 Å². The van der Waals surface area contributed by atoms with Crippen LogP contribution in [0.25, 0.3) is 0 Å². The molecule has 2 rings (SSSR count). The van der Waals surface area contributed by atoms with Gasteiger partial charge in [0.2, 0.25) is 5.75 Å². The standard InChI is InChI=1S/C25H35NO6/c1-7-26(18(2)15-19-11-8-9-12-21(19)28-3)13-10-14-32-25(27)20-16-22(29-4)24(31-6)23(17-20)30-5/h8-9,11-12,16-18H,7,10,13-15H2,1-6H3. The van der Waals surface area contributed by atoms with Gasteiger partial charge < -0.3 is 28.6 Å². The van der Waals surface area contributed by atoms with Gasteiger partial charge in [0, 0.05) is 12.6 Å². The fourth-order valence-corrected chi connectivity index (χ4v) is 3.72. The van der Waals surface area contributed by atoms with E-state index in [1.807, 2.05) is 18.2 Å². The zero-order valence-electron chi connectivity index (χ0n) is 20.0. The Balaban J connectivity index is 1.90. The second-order valence-corrected chi connectivity index (χ2v) is 7.40. The molecule has 0 saturated carbocycles. The van der Waals surface area contributed by atoms with Crippen LogP contribution in [-0.4, -0.2) is 65.0 Å². The number of para-hydroxylation sites is 1. The molecule has 0 aliphatic heterocycles. The molecule has 0 aliphatic carbocycles. The van der Waals surface area contributed by atoms with Crippen molar-refractivity contribution >= 4 is 5.97 Å². The molecule has 0 heterocycles. The lowest BCUT2D eigenvalue weighted by Crippen LogP contribution is -2.36. The minimum atomic E-state index is -0.422. The number of benzene rings is 2. The fraction of sp³-hybridized carbons (Fsp3) is 0.480. The molecule has 1 unspecified atom stereocenters. The van der Waals surface area contributed by atoms with E-state index < -0.39 is 5.97 Å². The molecule has 0 aromatic heterocycles. The molecule has 7 heteroatoms. The number of ether oxygens (including phenoxy) is 5. The van der Waals surface area contributed by atoms with E-state index in [1.54, 1.807) is 19.2 Å². The van der Waals surface area contributed by atoms with Gasteiger partial charge in [0.15, 0.2) is 11.5 Å². The zero-order valence-corrected chi connectivity index (χ0v) is 20.0. The van der Waals surface area contributed by atoms with Crippen molar-refractivity contribution in [3.8, 4) is 23.0 Å². The second kappa shape index (κ2) is 12.8. The van der Waals surface area contributed by atoms with E-state index in [9.17, 15) is 4.79 Å². The summed E-state index contributed by atoms with van der Waals surface area (Å²) in [7, 11) is 6.24. The molecule has 176 valence electrons. The molecule has 0 N–H and O–H groups in total. The van der Waals surface area contributed by atoms with Crippen molar-refractivity contribution in [3.63, 3.8) is 0 Å². The molecular formula is C25H35NO6. The molecule has 7 nitrogen and oxygen atoms in total. The summed E-state index contributed by atoms with van der Waals surface area (Å²) >= 11 is 0. The van der Waals surface area contributed by atoms with Crippen LogP contribution in [-0.2, 0) is 11.2 Å². The van der Waals surface area contributed by atoms with Gasteiger partial charge in [0.05, 0.1) is 40.6 Å². The highest BCUT2D eigenvalue weighted by Crippen LogP contribution is 2.38. The Hall–Kier alpha value is -2.93. The van der Waals surface area contributed by atoms with Crippen LogP contribution in [0.1, 0.15) is 36.2 Å². The van der Waals surface area contributed by atoms with Crippen LogP contribution in [0.2, 0.25) is 0 Å². The van der Waals surface area contributed by atoms with Crippen molar-refractivity contribution in [2.24, 2.45) is 0 Å². The number of esters is 1. The minimum Gasteiger partial charge on any atom is -0.496 e. The van der Waals surface area contributed by atoms with E-state index in [0.29, 0.717) is 35.5 Å². The summed E-state index contributed by atoms with van der Waals surface area (Å²) in [6, 6.07) is 11.6. The third-order valence-corrected chi connectivity index (χ3v) is 5.46. The van der Waals surface area contributed by atoms with E-state index in [2.05, 4.69) is 24.8 Å². The van der Waals surface area contributed by atoms with Crippen LogP contribution in [0.5, 0.6) is 23.0 Å². The summed E-state index contributed by atoms with van der Waals surface area (Å²) < 4.78 is 26.9. The summed E-state index contributed by atoms with van der Waals surface area (Å²) in [6.07, 6.45) is 1.63. The highest BCUT2D eigenvalue weighted by atomic mass is 16.5. The van der Waals surface area contributed by atoms with Gasteiger partial charge in [0.25, 0.3) is 0 Å². The van der Waals surface area contributed by atoms with Crippen molar-refractivity contribution in [2.75, 3.05) is 48.1 Å². The Morgan fingerprint density at radius 1 is 0.938 bits per heavy atom. The van der Waals surface area contributed by atoms with Crippen molar-refractivity contribution in [2.45, 2.75) is 32.7 Å². The van der Waals surface area contributed by atoms with Gasteiger partial charge >= 0.3 is 5.97 Å². The number of nitrogens with zero attached hydrogens (tertiary/aromatic N) is 1. The Kier molecular flexibility index (Phi) is 10.1. The van der Waals surface area contributed by atoms with Gasteiger partial charge in [0.1, 0.15) is 5.75 Å². The minimum absolute atomic E-state index is 0.327. The Labute approximate surface area is 191 Å². The van der Waals surface area contributed by atoms with Crippen molar-refractivity contribution in [1.82, 2.24) is 4.90 Å². The van der Waals surface area contributed by atoms with E-state index in [0.717, 1.165) is 31.7 Å². The number of carbonyl (C=O) groups excluding carboxylic acids is 1. The van der Waals surface area contributed by atoms with Gasteiger partial charge in [-0.2, -0.15) is 0 Å². The van der Waals surface area contributed by atoms with Gasteiger partial charge in [-0.25, -0.2) is 4.79 Å². The second-order valence-electron chi connectivity index (χ2n) is 7.40. The topological polar surface area (TPSA) is 66.5 Å². The Bertz CT molecular complexity index is 844. The third kappa shape index (κ3) is 6.53. The first-order valence-electron chi connectivity index (χ1n) is 10.8. The molecule has 2 aromatic rings. The van der Waals surface area contributed by atoms with Crippen LogP contribution in [0, 0.1) is 0 Å². The van der Waals surface area contributed by atoms with Crippen LogP contribution >= 0.6 is 0 Å². The zero-order chi connectivity index (χ0) is 23.5. The SMILES string of the molecule is CCN(CCCOC(=O)c1cc(OC)c(OC)c(OC)c1)C(C)Cc1ccccc1OC. The highest BCUT2D eigenvalue weighted by Gasteiger charge is 2.18. The predicted molar refractivity (Wildman–Crippen MR) is 124 cm³/mol. The molecule has 32 heavy (non-hydrogen) atoms. The number of likely N-dealkylation sites (N-methyl/N-ethyl adjacent to an activating group) is 1. The molecule has 0 bridgehead atoms. The predicted octanol–water partition coefficient (Wildman–Crippen LogP) is 4.22. The summed E-state index contributed by atoms with van der Waals surface area (Å²) in [4.78, 5) is 14.9. The van der Waals surface area contributed by atoms with Crippen LogP contribution in [0.3, 0.4) is 0 Å². The van der Waals surface area contributed by atoms with Crippen molar-refractivity contribution in [1.29, 1.82) is 0 Å². The van der Waals surface area contributed by atoms with Gasteiger partial charge in [-0.3, -0.25) is 0 Å². The maximum Gasteiger partial charge on any atom is 0.338 e. The van der Waals surface area contributed by atoms with Crippen molar-refractivity contribution in [3.05, 3.63) is 47.5 Å². The maximum atomic E-state index is 12.5. The lowest BCUT2D eigenvalue weighted by atomic mass is 10.0.